The maximum Gasteiger partial charge on any atom is 0.410 e. The van der Waals surface area contributed by atoms with Gasteiger partial charge in [0.1, 0.15) is 5.60 Å². The van der Waals surface area contributed by atoms with Gasteiger partial charge in [-0.25, -0.2) is 13.6 Å². The molecule has 0 aromatic heterocycles. The zero-order chi connectivity index (χ0) is 16.3. The Morgan fingerprint density at radius 2 is 2.14 bits per heavy atom. The smallest absolute Gasteiger partial charge is 0.410 e. The highest BCUT2D eigenvalue weighted by atomic mass is 19.2. The number of nitrogens with one attached hydrogen (secondary N) is 1. The molecule has 1 N–H and O–H groups in total. The Hall–Kier alpha value is -1.69. The van der Waals surface area contributed by atoms with Crippen molar-refractivity contribution in [2.45, 2.75) is 38.8 Å². The molecule has 0 bridgehead atoms. The van der Waals surface area contributed by atoms with Gasteiger partial charge in [-0.2, -0.15) is 0 Å². The average molecular weight is 312 g/mol. The molecular formula is C16H22F2N2O2. The van der Waals surface area contributed by atoms with Crippen LogP contribution >= 0.6 is 0 Å². The molecule has 1 amide bonds. The van der Waals surface area contributed by atoms with Crippen LogP contribution in [0.2, 0.25) is 0 Å². The Balaban J connectivity index is 1.99. The molecule has 4 nitrogen and oxygen atoms in total. The van der Waals surface area contributed by atoms with E-state index in [9.17, 15) is 13.6 Å². The highest BCUT2D eigenvalue weighted by molar-refractivity contribution is 5.68. The SMILES string of the molecule is CC(C)(C)OC(=O)N1CCN[C@@H](Cc2cccc(F)c2F)C1. The summed E-state index contributed by atoms with van der Waals surface area (Å²) < 4.78 is 32.3. The summed E-state index contributed by atoms with van der Waals surface area (Å²) >= 11 is 0. The van der Waals surface area contributed by atoms with Gasteiger partial charge >= 0.3 is 6.09 Å². The van der Waals surface area contributed by atoms with Crippen LogP contribution in [0.4, 0.5) is 13.6 Å². The Bertz CT molecular complexity index is 543. The van der Waals surface area contributed by atoms with Crippen molar-refractivity contribution in [2.24, 2.45) is 0 Å². The Kier molecular flexibility index (Phi) is 5.01. The summed E-state index contributed by atoms with van der Waals surface area (Å²) in [5, 5.41) is 3.22. The Morgan fingerprint density at radius 1 is 1.41 bits per heavy atom. The van der Waals surface area contributed by atoms with Gasteiger partial charge in [-0.1, -0.05) is 12.1 Å². The fourth-order valence-electron chi connectivity index (χ4n) is 2.43. The predicted octanol–water partition coefficient (Wildman–Crippen LogP) is 2.72. The third kappa shape index (κ3) is 4.40. The molecule has 0 spiro atoms. The van der Waals surface area contributed by atoms with Crippen LogP contribution in [0.15, 0.2) is 18.2 Å². The molecule has 1 fully saturated rings. The highest BCUT2D eigenvalue weighted by Crippen LogP contribution is 2.16. The topological polar surface area (TPSA) is 41.6 Å². The molecule has 2 rings (SSSR count). The van der Waals surface area contributed by atoms with E-state index in [1.54, 1.807) is 11.0 Å². The number of ether oxygens (including phenoxy) is 1. The summed E-state index contributed by atoms with van der Waals surface area (Å²) in [5.74, 6) is -1.67. The lowest BCUT2D eigenvalue weighted by Crippen LogP contribution is -2.54. The van der Waals surface area contributed by atoms with Crippen LogP contribution < -0.4 is 5.32 Å². The van der Waals surface area contributed by atoms with Crippen LogP contribution in [-0.4, -0.2) is 42.3 Å². The number of halogens is 2. The zero-order valence-electron chi connectivity index (χ0n) is 13.2. The fourth-order valence-corrected chi connectivity index (χ4v) is 2.43. The molecule has 6 heteroatoms. The van der Waals surface area contributed by atoms with Gasteiger partial charge in [0.05, 0.1) is 0 Å². The van der Waals surface area contributed by atoms with Gasteiger partial charge in [0.25, 0.3) is 0 Å². The minimum atomic E-state index is -0.850. The first-order chi connectivity index (χ1) is 10.3. The van der Waals surface area contributed by atoms with Gasteiger partial charge < -0.3 is 15.0 Å². The summed E-state index contributed by atoms with van der Waals surface area (Å²) in [6.07, 6.45) is -0.0539. The molecule has 1 saturated heterocycles. The van der Waals surface area contributed by atoms with E-state index in [0.29, 0.717) is 31.6 Å². The van der Waals surface area contributed by atoms with E-state index in [2.05, 4.69) is 5.32 Å². The van der Waals surface area contributed by atoms with Crippen molar-refractivity contribution in [2.75, 3.05) is 19.6 Å². The number of hydrogen-bond donors (Lipinski definition) is 1. The van der Waals surface area contributed by atoms with E-state index in [4.69, 9.17) is 4.74 Å². The number of carbonyl (C=O) groups is 1. The maximum atomic E-state index is 13.7. The van der Waals surface area contributed by atoms with Crippen molar-refractivity contribution in [3.8, 4) is 0 Å². The van der Waals surface area contributed by atoms with Crippen LogP contribution in [0.5, 0.6) is 0 Å². The lowest BCUT2D eigenvalue weighted by molar-refractivity contribution is 0.0195. The van der Waals surface area contributed by atoms with Crippen molar-refractivity contribution < 1.29 is 18.3 Å². The number of amides is 1. The summed E-state index contributed by atoms with van der Waals surface area (Å²) in [6, 6.07) is 4.02. The first-order valence-electron chi connectivity index (χ1n) is 7.40. The molecule has 1 aromatic rings. The Morgan fingerprint density at radius 3 is 2.82 bits per heavy atom. The van der Waals surface area contributed by atoms with Gasteiger partial charge in [-0.05, 0) is 38.8 Å². The standard InChI is InChI=1S/C16H22F2N2O2/c1-16(2,3)22-15(21)20-8-7-19-12(10-20)9-11-5-4-6-13(17)14(11)18/h4-6,12,19H,7-10H2,1-3H3/t12-/m0/s1. The second-order valence-electron chi connectivity index (χ2n) is 6.49. The van der Waals surface area contributed by atoms with E-state index < -0.39 is 17.2 Å². The van der Waals surface area contributed by atoms with E-state index in [-0.39, 0.29) is 12.1 Å². The molecule has 1 aliphatic rings. The van der Waals surface area contributed by atoms with Gasteiger partial charge in [-0.15, -0.1) is 0 Å². The van der Waals surface area contributed by atoms with E-state index in [0.717, 1.165) is 6.07 Å². The number of carbonyl (C=O) groups excluding carboxylic acids is 1. The van der Waals surface area contributed by atoms with Crippen LogP contribution in [0.3, 0.4) is 0 Å². The van der Waals surface area contributed by atoms with Gasteiger partial charge in [0.15, 0.2) is 11.6 Å². The zero-order valence-corrected chi connectivity index (χ0v) is 13.2. The van der Waals surface area contributed by atoms with Gasteiger partial charge in [0.2, 0.25) is 0 Å². The van der Waals surface area contributed by atoms with Crippen molar-refractivity contribution in [1.29, 1.82) is 0 Å². The van der Waals surface area contributed by atoms with E-state index in [1.807, 2.05) is 20.8 Å². The summed E-state index contributed by atoms with van der Waals surface area (Å²) in [6.45, 7) is 6.98. The number of benzene rings is 1. The van der Waals surface area contributed by atoms with Gasteiger partial charge in [0, 0.05) is 25.7 Å². The molecule has 0 unspecified atom stereocenters. The first kappa shape index (κ1) is 16.7. The van der Waals surface area contributed by atoms with E-state index in [1.165, 1.54) is 6.07 Å². The number of piperazine rings is 1. The molecule has 0 radical (unpaired) electrons. The lowest BCUT2D eigenvalue weighted by Gasteiger charge is -2.35. The first-order valence-corrected chi connectivity index (χ1v) is 7.40. The largest absolute Gasteiger partial charge is 0.444 e. The molecule has 22 heavy (non-hydrogen) atoms. The summed E-state index contributed by atoms with van der Waals surface area (Å²) in [7, 11) is 0. The van der Waals surface area contributed by atoms with Crippen LogP contribution in [-0.2, 0) is 11.2 Å². The quantitative estimate of drug-likeness (QED) is 0.913. The van der Waals surface area contributed by atoms with E-state index >= 15 is 0 Å². The molecule has 0 saturated carbocycles. The second-order valence-corrected chi connectivity index (χ2v) is 6.49. The molecular weight excluding hydrogens is 290 g/mol. The summed E-state index contributed by atoms with van der Waals surface area (Å²) in [5.41, 5.74) is -0.241. The van der Waals surface area contributed by atoms with Gasteiger partial charge in [-0.3, -0.25) is 0 Å². The predicted molar refractivity (Wildman–Crippen MR) is 79.7 cm³/mol. The molecule has 122 valence electrons. The Labute approximate surface area is 129 Å². The molecule has 1 heterocycles. The minimum absolute atomic E-state index is 0.127. The third-order valence-electron chi connectivity index (χ3n) is 3.41. The number of rotatable bonds is 2. The number of hydrogen-bond acceptors (Lipinski definition) is 3. The monoisotopic (exact) mass is 312 g/mol. The molecule has 1 aromatic carbocycles. The molecule has 0 aliphatic carbocycles. The lowest BCUT2D eigenvalue weighted by atomic mass is 10.0. The second kappa shape index (κ2) is 6.60. The normalized spacial score (nSPS) is 19.1. The fraction of sp³-hybridized carbons (Fsp3) is 0.562. The highest BCUT2D eigenvalue weighted by Gasteiger charge is 2.28. The molecule has 1 atom stereocenters. The summed E-state index contributed by atoms with van der Waals surface area (Å²) in [4.78, 5) is 13.7. The molecule has 1 aliphatic heterocycles. The van der Waals surface area contributed by atoms with Crippen molar-refractivity contribution in [1.82, 2.24) is 10.2 Å². The third-order valence-corrected chi connectivity index (χ3v) is 3.41. The van der Waals surface area contributed by atoms with Crippen molar-refractivity contribution in [3.05, 3.63) is 35.4 Å². The maximum absolute atomic E-state index is 13.7. The van der Waals surface area contributed by atoms with Crippen LogP contribution in [0.1, 0.15) is 26.3 Å². The minimum Gasteiger partial charge on any atom is -0.444 e. The van der Waals surface area contributed by atoms with Crippen molar-refractivity contribution in [3.63, 3.8) is 0 Å². The van der Waals surface area contributed by atoms with Crippen molar-refractivity contribution >= 4 is 6.09 Å². The average Bonchev–Trinajstić information content (AvgIpc) is 2.42. The van der Waals surface area contributed by atoms with Crippen LogP contribution in [0.25, 0.3) is 0 Å². The number of nitrogens with zero attached hydrogens (tertiary/aromatic N) is 1. The van der Waals surface area contributed by atoms with Crippen LogP contribution in [0, 0.1) is 11.6 Å².